The van der Waals surface area contributed by atoms with Crippen molar-refractivity contribution in [3.05, 3.63) is 60.7 Å². The number of rotatable bonds is 12. The van der Waals surface area contributed by atoms with Crippen LogP contribution in [-0.2, 0) is 32.0 Å². The van der Waals surface area contributed by atoms with E-state index in [1.807, 2.05) is 19.1 Å². The van der Waals surface area contributed by atoms with E-state index >= 15 is 0 Å². The van der Waals surface area contributed by atoms with Crippen LogP contribution in [0.4, 0.5) is 0 Å². The molecule has 204 valence electrons. The molecule has 1 aliphatic heterocycles. The number of ketones is 1. The fourth-order valence-corrected chi connectivity index (χ4v) is 6.57. The van der Waals surface area contributed by atoms with Gasteiger partial charge in [0.05, 0.1) is 6.04 Å². The van der Waals surface area contributed by atoms with E-state index in [0.29, 0.717) is 25.9 Å². The molecular formula is C31H41N3O4. The Morgan fingerprint density at radius 3 is 2.32 bits per heavy atom. The first kappa shape index (κ1) is 27.8. The van der Waals surface area contributed by atoms with Crippen LogP contribution in [0, 0.1) is 29.1 Å². The third-order valence-corrected chi connectivity index (χ3v) is 9.09. The molecule has 0 bridgehead atoms. The Hall–Kier alpha value is -3.22. The van der Waals surface area contributed by atoms with Crippen molar-refractivity contribution in [2.24, 2.45) is 29.1 Å². The number of carbonyl (C=O) groups excluding carboxylic acids is 4. The predicted molar refractivity (Wildman–Crippen MR) is 147 cm³/mol. The van der Waals surface area contributed by atoms with Gasteiger partial charge in [-0.1, -0.05) is 57.2 Å². The fraction of sp³-hybridized carbons (Fsp3) is 0.548. The standard InChI is InChI=1S/C31H41N3O4/c1-6-8-14-24(27(35)29(37)32-15-9-7-2)33-28(36)26-25-23(31(25,4)5)18-34(26)30(38)19(3)22-16-20-12-10-11-13-21(20)17-22/h6-7,10-13,19,22-26H,1-2,8-9,14-18H2,3-5H3,(H,32,37)(H,33,36)/t19-,23-,24?,25-,26-/m0/s1. The summed E-state index contributed by atoms with van der Waals surface area (Å²) in [7, 11) is 0. The van der Waals surface area contributed by atoms with Crippen molar-refractivity contribution in [2.75, 3.05) is 13.1 Å². The number of hydrogen-bond acceptors (Lipinski definition) is 4. The predicted octanol–water partition coefficient (Wildman–Crippen LogP) is 3.23. The minimum atomic E-state index is -0.969. The highest BCUT2D eigenvalue weighted by Crippen LogP contribution is 2.65. The van der Waals surface area contributed by atoms with Gasteiger partial charge in [-0.15, -0.1) is 13.2 Å². The van der Waals surface area contributed by atoms with Gasteiger partial charge < -0.3 is 15.5 Å². The molecule has 0 spiro atoms. The van der Waals surface area contributed by atoms with E-state index in [9.17, 15) is 19.2 Å². The molecule has 2 aliphatic carbocycles. The highest BCUT2D eigenvalue weighted by Gasteiger charge is 2.69. The van der Waals surface area contributed by atoms with Gasteiger partial charge in [-0.05, 0) is 66.4 Å². The molecule has 4 rings (SSSR count). The van der Waals surface area contributed by atoms with Crippen LogP contribution in [0.1, 0.15) is 51.2 Å². The maximum Gasteiger partial charge on any atom is 0.289 e. The summed E-state index contributed by atoms with van der Waals surface area (Å²) in [5.41, 5.74) is 2.55. The van der Waals surface area contributed by atoms with Gasteiger partial charge >= 0.3 is 0 Å². The summed E-state index contributed by atoms with van der Waals surface area (Å²) in [5.74, 6) is -1.47. The highest BCUT2D eigenvalue weighted by atomic mass is 16.2. The van der Waals surface area contributed by atoms with Crippen molar-refractivity contribution in [3.63, 3.8) is 0 Å². The number of amides is 3. The molecule has 0 radical (unpaired) electrons. The molecule has 7 nitrogen and oxygen atoms in total. The van der Waals surface area contributed by atoms with Gasteiger partial charge in [0.2, 0.25) is 17.6 Å². The van der Waals surface area contributed by atoms with E-state index in [2.05, 4.69) is 49.8 Å². The summed E-state index contributed by atoms with van der Waals surface area (Å²) in [5, 5.41) is 5.45. The van der Waals surface area contributed by atoms with E-state index in [1.165, 1.54) is 11.1 Å². The topological polar surface area (TPSA) is 95.6 Å². The second kappa shape index (κ2) is 11.3. The first-order valence-electron chi connectivity index (χ1n) is 13.8. The van der Waals surface area contributed by atoms with E-state index in [-0.39, 0.29) is 47.3 Å². The first-order chi connectivity index (χ1) is 18.1. The van der Waals surface area contributed by atoms with E-state index in [0.717, 1.165) is 12.8 Å². The van der Waals surface area contributed by atoms with E-state index in [4.69, 9.17) is 0 Å². The Labute approximate surface area is 226 Å². The van der Waals surface area contributed by atoms with E-state index < -0.39 is 23.8 Å². The zero-order valence-corrected chi connectivity index (χ0v) is 22.9. The van der Waals surface area contributed by atoms with Crippen LogP contribution in [-0.4, -0.2) is 53.6 Å². The van der Waals surface area contributed by atoms with Gasteiger partial charge in [0.1, 0.15) is 6.04 Å². The molecule has 38 heavy (non-hydrogen) atoms. The minimum Gasteiger partial charge on any atom is -0.349 e. The maximum absolute atomic E-state index is 13.8. The summed E-state index contributed by atoms with van der Waals surface area (Å²) < 4.78 is 0. The van der Waals surface area contributed by atoms with Crippen molar-refractivity contribution < 1.29 is 19.2 Å². The zero-order valence-electron chi connectivity index (χ0n) is 22.9. The summed E-state index contributed by atoms with van der Waals surface area (Å²) >= 11 is 0. The molecule has 7 heteroatoms. The molecule has 1 heterocycles. The lowest BCUT2D eigenvalue weighted by Gasteiger charge is -2.34. The molecule has 1 aromatic rings. The largest absolute Gasteiger partial charge is 0.349 e. The first-order valence-corrected chi connectivity index (χ1v) is 13.8. The molecule has 5 atom stereocenters. The third kappa shape index (κ3) is 5.33. The average Bonchev–Trinajstić information content (AvgIpc) is 3.28. The quantitative estimate of drug-likeness (QED) is 0.252. The third-order valence-electron chi connectivity index (χ3n) is 9.09. The minimum absolute atomic E-state index is 0.00194. The average molecular weight is 520 g/mol. The molecule has 3 amide bonds. The van der Waals surface area contributed by atoms with Gasteiger partial charge in [0.25, 0.3) is 5.91 Å². The summed E-state index contributed by atoms with van der Waals surface area (Å²) in [6.45, 7) is 14.4. The molecular weight excluding hydrogens is 478 g/mol. The van der Waals surface area contributed by atoms with Crippen LogP contribution >= 0.6 is 0 Å². The Kier molecular flexibility index (Phi) is 8.24. The Bertz CT molecular complexity index is 1100. The van der Waals surface area contributed by atoms with Crippen molar-refractivity contribution in [3.8, 4) is 0 Å². The molecule has 1 aromatic carbocycles. The van der Waals surface area contributed by atoms with Gasteiger partial charge in [-0.2, -0.15) is 0 Å². The second-order valence-electron chi connectivity index (χ2n) is 11.7. The van der Waals surface area contributed by atoms with Crippen molar-refractivity contribution in [1.29, 1.82) is 0 Å². The number of carbonyl (C=O) groups is 4. The molecule has 1 saturated carbocycles. The van der Waals surface area contributed by atoms with Crippen LogP contribution in [0.25, 0.3) is 0 Å². The van der Waals surface area contributed by atoms with Crippen molar-refractivity contribution >= 4 is 23.5 Å². The lowest BCUT2D eigenvalue weighted by molar-refractivity contribution is -0.145. The molecule has 2 N–H and O–H groups in total. The van der Waals surface area contributed by atoms with Crippen molar-refractivity contribution in [2.45, 2.75) is 65.0 Å². The number of hydrogen-bond donors (Lipinski definition) is 2. The number of nitrogens with zero attached hydrogens (tertiary/aromatic N) is 1. The molecule has 1 unspecified atom stereocenters. The number of benzene rings is 1. The van der Waals surface area contributed by atoms with Crippen LogP contribution in [0.3, 0.4) is 0 Å². The Morgan fingerprint density at radius 2 is 1.71 bits per heavy atom. The van der Waals surface area contributed by atoms with Gasteiger partial charge in [-0.3, -0.25) is 19.2 Å². The number of fused-ring (bicyclic) bond motifs is 2. The maximum atomic E-state index is 13.8. The fourth-order valence-electron chi connectivity index (χ4n) is 6.57. The van der Waals surface area contributed by atoms with E-state index in [1.54, 1.807) is 17.1 Å². The van der Waals surface area contributed by atoms with Gasteiger partial charge in [0, 0.05) is 19.0 Å². The smallest absolute Gasteiger partial charge is 0.289 e. The Morgan fingerprint density at radius 1 is 1.08 bits per heavy atom. The zero-order chi connectivity index (χ0) is 27.6. The summed E-state index contributed by atoms with van der Waals surface area (Å²) in [4.78, 5) is 54.7. The summed E-state index contributed by atoms with van der Waals surface area (Å²) in [6.07, 6.45) is 6.35. The van der Waals surface area contributed by atoms with Crippen LogP contribution in [0.2, 0.25) is 0 Å². The number of nitrogens with one attached hydrogen (secondary N) is 2. The SMILES string of the molecule is C=CCCNC(=O)C(=O)C(CCC=C)NC(=O)[C@@H]1[C@@H]2[C@H](CN1C(=O)[C@@H](C)C1Cc3ccccc3C1)C2(C)C. The molecule has 1 saturated heterocycles. The van der Waals surface area contributed by atoms with Gasteiger partial charge in [0.15, 0.2) is 0 Å². The lowest BCUT2D eigenvalue weighted by atomic mass is 9.89. The lowest BCUT2D eigenvalue weighted by Crippen LogP contribution is -2.56. The molecule has 0 aromatic heterocycles. The number of allylic oxidation sites excluding steroid dienone is 1. The van der Waals surface area contributed by atoms with Crippen LogP contribution in [0.15, 0.2) is 49.6 Å². The molecule has 2 fully saturated rings. The normalized spacial score (nSPS) is 24.5. The molecule has 3 aliphatic rings. The monoisotopic (exact) mass is 519 g/mol. The van der Waals surface area contributed by atoms with Crippen LogP contribution in [0.5, 0.6) is 0 Å². The summed E-state index contributed by atoms with van der Waals surface area (Å²) in [6, 6.07) is 6.72. The van der Waals surface area contributed by atoms with Crippen LogP contribution < -0.4 is 10.6 Å². The number of piperidine rings is 1. The highest BCUT2D eigenvalue weighted by molar-refractivity contribution is 6.38. The van der Waals surface area contributed by atoms with Crippen molar-refractivity contribution in [1.82, 2.24) is 15.5 Å². The number of Topliss-reactive ketones (excluding diaryl/α,β-unsaturated/α-hetero) is 1. The van der Waals surface area contributed by atoms with Gasteiger partial charge in [-0.25, -0.2) is 0 Å². The second-order valence-corrected chi connectivity index (χ2v) is 11.7. The number of likely N-dealkylation sites (tertiary alicyclic amines) is 1. The Balaban J connectivity index is 1.48.